The van der Waals surface area contributed by atoms with Crippen molar-refractivity contribution in [3.05, 3.63) is 132 Å². The number of aliphatic hydroxyl groups excluding tert-OH is 1. The molecule has 5 nitrogen and oxygen atoms in total. The molecule has 5 aliphatic rings. The van der Waals surface area contributed by atoms with E-state index in [0.29, 0.717) is 30.3 Å². The number of carbonyl (C=O) groups excluding carboxylic acids is 1. The number of aromatic nitrogens is 1. The van der Waals surface area contributed by atoms with Gasteiger partial charge in [-0.15, -0.1) is 0 Å². The summed E-state index contributed by atoms with van der Waals surface area (Å²) >= 11 is 0. The van der Waals surface area contributed by atoms with Crippen LogP contribution in [0.3, 0.4) is 0 Å². The zero-order chi connectivity index (χ0) is 44.9. The van der Waals surface area contributed by atoms with Crippen LogP contribution in [0.2, 0.25) is 0 Å². The van der Waals surface area contributed by atoms with Gasteiger partial charge < -0.3 is 31.7 Å². The fourth-order valence-electron chi connectivity index (χ4n) is 14.8. The predicted molar refractivity (Wildman–Crippen MR) is 262 cm³/mol. The molecule has 346 valence electrons. The van der Waals surface area contributed by atoms with Crippen LogP contribution in [0, 0.1) is 56.7 Å². The Kier molecular flexibility index (Phi) is 13.6. The molecule has 4 saturated carbocycles. The smallest absolute Gasteiger partial charge is 0.312 e. The number of halogens is 1. The molecule has 0 aliphatic heterocycles. The van der Waals surface area contributed by atoms with Crippen molar-refractivity contribution in [1.29, 1.82) is 0 Å². The zero-order valence-electron chi connectivity index (χ0n) is 40.3. The second-order valence-electron chi connectivity index (χ2n) is 22.3. The molecule has 65 heavy (non-hydrogen) atoms. The van der Waals surface area contributed by atoms with Crippen molar-refractivity contribution < 1.29 is 36.2 Å². The highest BCUT2D eigenvalue weighted by molar-refractivity contribution is 5.79. The summed E-state index contributed by atoms with van der Waals surface area (Å²) in [6, 6.07) is 34.1. The Balaban J connectivity index is 0.00000576. The zero-order valence-corrected chi connectivity index (χ0v) is 41.9. The van der Waals surface area contributed by atoms with E-state index in [9.17, 15) is 9.90 Å². The first-order valence-electron chi connectivity index (χ1n) is 24.9. The third-order valence-corrected chi connectivity index (χ3v) is 19.0. The molecule has 1 aromatic heterocycles. The van der Waals surface area contributed by atoms with Gasteiger partial charge in [-0.2, -0.15) is 0 Å². The van der Waals surface area contributed by atoms with Crippen LogP contribution >= 0.6 is 0 Å². The minimum atomic E-state index is -0.413. The largest absolute Gasteiger partial charge is 1.00 e. The Hall–Kier alpha value is -4.00. The lowest BCUT2D eigenvalue weighted by Gasteiger charge is -2.71. The number of carbonyl (C=O) groups is 1. The third kappa shape index (κ3) is 8.29. The molecule has 4 aromatic rings. The number of hydrogen-bond donors (Lipinski definition) is 1. The van der Waals surface area contributed by atoms with Crippen molar-refractivity contribution in [1.82, 2.24) is 0 Å². The Labute approximate surface area is 401 Å². The number of aryl methyl sites for hydroxylation is 1. The van der Waals surface area contributed by atoms with Gasteiger partial charge in [0.25, 0.3) is 0 Å². The van der Waals surface area contributed by atoms with Gasteiger partial charge in [0.1, 0.15) is 6.54 Å². The van der Waals surface area contributed by atoms with Crippen molar-refractivity contribution in [3.8, 4) is 0 Å². The summed E-state index contributed by atoms with van der Waals surface area (Å²) < 4.78 is 8.62. The van der Waals surface area contributed by atoms with Crippen molar-refractivity contribution in [3.63, 3.8) is 0 Å². The van der Waals surface area contributed by atoms with Crippen LogP contribution in [0.4, 0.5) is 17.1 Å². The fraction of sp³-hybridized carbons (Fsp3) is 0.525. The van der Waals surface area contributed by atoms with Gasteiger partial charge in [0, 0.05) is 35.6 Å². The van der Waals surface area contributed by atoms with Crippen molar-refractivity contribution in [2.45, 2.75) is 132 Å². The van der Waals surface area contributed by atoms with Crippen LogP contribution in [0.25, 0.3) is 12.2 Å². The number of ether oxygens (including phenoxy) is 1. The molecule has 0 saturated heterocycles. The molecule has 9 rings (SSSR count). The van der Waals surface area contributed by atoms with Gasteiger partial charge in [-0.1, -0.05) is 121 Å². The highest BCUT2D eigenvalue weighted by atomic mass is 79.9. The lowest BCUT2D eigenvalue weighted by molar-refractivity contribution is -0.697. The summed E-state index contributed by atoms with van der Waals surface area (Å²) in [5, 5.41) is 11.2. The number of unbranched alkanes of at least 4 members (excludes halogenated alkanes) is 1. The maximum absolute atomic E-state index is 14.6. The number of nitrogens with zero attached hydrogens (tertiary/aromatic N) is 2. The number of fused-ring (bicyclic) bond motifs is 7. The summed E-state index contributed by atoms with van der Waals surface area (Å²) in [5.41, 5.74) is 7.33. The second-order valence-corrected chi connectivity index (χ2v) is 22.3. The molecule has 10 atom stereocenters. The van der Waals surface area contributed by atoms with E-state index in [0.717, 1.165) is 92.5 Å². The number of hydrogen-bond acceptors (Lipinski definition) is 4. The van der Waals surface area contributed by atoms with Gasteiger partial charge in [-0.25, -0.2) is 4.57 Å². The SMILES string of the molecule is C[C@H]1[C@H](C)CC[C@]2(C(=O)OCCCC[n+]3ccc(/C=C/c4ccc(N(c5ccccc5)c5ccccc5)cc4)cc3)CC[C@]3(C)C(=CC[C@@H]4[C@@]5(C)CC[C@H](O)C(C)(C)[C@@H]5CC[C@]43C)[C@H]12.[Br-]. The maximum Gasteiger partial charge on any atom is 0.312 e. The monoisotopic (exact) mass is 938 g/mol. The number of para-hydroxylation sites is 2. The van der Waals surface area contributed by atoms with Crippen LogP contribution in [-0.2, 0) is 16.1 Å². The first-order valence-corrected chi connectivity index (χ1v) is 24.9. The number of aliphatic hydroxyl groups is 1. The number of pyridine rings is 1. The number of anilines is 3. The third-order valence-electron chi connectivity index (χ3n) is 19.0. The summed E-state index contributed by atoms with van der Waals surface area (Å²) in [7, 11) is 0. The quantitative estimate of drug-likeness (QED) is 0.0705. The van der Waals surface area contributed by atoms with Crippen molar-refractivity contribution in [2.24, 2.45) is 56.7 Å². The van der Waals surface area contributed by atoms with Crippen LogP contribution < -0.4 is 26.4 Å². The van der Waals surface area contributed by atoms with Crippen molar-refractivity contribution >= 4 is 35.2 Å². The Morgan fingerprint density at radius 3 is 1.98 bits per heavy atom. The van der Waals surface area contributed by atoms with Gasteiger partial charge in [0.05, 0.1) is 18.1 Å². The fourth-order valence-corrected chi connectivity index (χ4v) is 14.8. The van der Waals surface area contributed by atoms with Gasteiger partial charge >= 0.3 is 5.97 Å². The number of allylic oxidation sites excluding steroid dienone is 2. The Morgan fingerprint density at radius 2 is 1.34 bits per heavy atom. The average Bonchev–Trinajstić information content (AvgIpc) is 3.30. The van der Waals surface area contributed by atoms with Crippen LogP contribution in [-0.4, -0.2) is 23.8 Å². The van der Waals surface area contributed by atoms with E-state index in [1.165, 1.54) is 12.8 Å². The Morgan fingerprint density at radius 1 is 0.723 bits per heavy atom. The van der Waals surface area contributed by atoms with E-state index >= 15 is 0 Å². The van der Waals surface area contributed by atoms with Crippen LogP contribution in [0.5, 0.6) is 0 Å². The van der Waals surface area contributed by atoms with Gasteiger partial charge in [0.2, 0.25) is 0 Å². The van der Waals surface area contributed by atoms with E-state index < -0.39 is 5.41 Å². The molecule has 0 radical (unpaired) electrons. The van der Waals surface area contributed by atoms with Gasteiger partial charge in [-0.05, 0) is 163 Å². The van der Waals surface area contributed by atoms with E-state index in [1.54, 1.807) is 5.57 Å². The minimum absolute atomic E-state index is 0. The molecule has 4 fully saturated rings. The van der Waals surface area contributed by atoms with Gasteiger partial charge in [-0.3, -0.25) is 4.79 Å². The number of rotatable bonds is 11. The van der Waals surface area contributed by atoms with Gasteiger partial charge in [0.15, 0.2) is 12.4 Å². The minimum Gasteiger partial charge on any atom is -1.00 e. The molecular formula is C59H75BrN2O3. The highest BCUT2D eigenvalue weighted by Gasteiger charge is 2.69. The Bertz CT molecular complexity index is 2290. The molecule has 0 spiro atoms. The first kappa shape index (κ1) is 47.5. The molecule has 6 heteroatoms. The summed E-state index contributed by atoms with van der Waals surface area (Å²) in [5.74, 6) is 2.52. The molecule has 0 unspecified atom stereocenters. The number of benzene rings is 3. The normalized spacial score (nSPS) is 33.6. The topological polar surface area (TPSA) is 53.7 Å². The lowest BCUT2D eigenvalue weighted by Crippen LogP contribution is -3.00. The molecule has 1 heterocycles. The van der Waals surface area contributed by atoms with Crippen LogP contribution in [0.15, 0.2) is 121 Å². The van der Waals surface area contributed by atoms with Crippen molar-refractivity contribution in [2.75, 3.05) is 11.5 Å². The first-order chi connectivity index (χ1) is 30.7. The van der Waals surface area contributed by atoms with E-state index in [4.69, 9.17) is 4.74 Å². The molecular weight excluding hydrogens is 865 g/mol. The second kappa shape index (κ2) is 18.6. The van der Waals surface area contributed by atoms with E-state index in [1.807, 2.05) is 0 Å². The number of esters is 1. The summed E-state index contributed by atoms with van der Waals surface area (Å²) in [4.78, 5) is 16.9. The lowest BCUT2D eigenvalue weighted by atomic mass is 9.33. The summed E-state index contributed by atoms with van der Waals surface area (Å²) in [6.07, 6.45) is 22.6. The molecule has 0 amide bonds. The molecule has 0 bridgehead atoms. The predicted octanol–water partition coefficient (Wildman–Crippen LogP) is 11.0. The molecule has 5 aliphatic carbocycles. The van der Waals surface area contributed by atoms with E-state index in [2.05, 4.69) is 186 Å². The average molecular weight is 940 g/mol. The standard InChI is InChI=1S/C59H75N2O3.BrH/c1-42-28-35-59(37-36-57(6)49(53(59)43(42)2)26-27-51-56(5)33-30-52(62)55(3,4)50(56)29-34-58(51,57)7)54(63)64-41-15-14-38-60-39-31-45(32-40-60)21-20-44-22-24-48(25-23-44)61(46-16-10-8-11-17-46)47-18-12-9-13-19-47;/h8-13,16-26,31-32,39-40,42-43,50-53,62H,14-15,27-30,33-38,41H2,1-7H3;1H/q+1;/p-1/t42-,43+,50+,51-,52+,53+,56+,57-,58-,59+;/m1./s1. The molecule has 3 aromatic carbocycles. The highest BCUT2D eigenvalue weighted by Crippen LogP contribution is 2.76. The maximum atomic E-state index is 14.6. The summed E-state index contributed by atoms with van der Waals surface area (Å²) in [6.45, 7) is 18.8. The van der Waals surface area contributed by atoms with E-state index in [-0.39, 0.29) is 56.6 Å². The molecule has 1 N–H and O–H groups in total. The van der Waals surface area contributed by atoms with Crippen LogP contribution in [0.1, 0.15) is 130 Å².